The van der Waals surface area contributed by atoms with E-state index in [2.05, 4.69) is 10.1 Å². The lowest BCUT2D eigenvalue weighted by Crippen LogP contribution is -2.36. The van der Waals surface area contributed by atoms with Crippen molar-refractivity contribution in [2.24, 2.45) is 5.92 Å². The smallest absolute Gasteiger partial charge is 0.305 e. The Bertz CT molecular complexity index is 667. The molecular weight excluding hydrogens is 330 g/mol. The number of hydrogen-bond acceptors (Lipinski definition) is 6. The maximum absolute atomic E-state index is 12.3. The minimum atomic E-state index is -0.908. The molecule has 0 saturated carbocycles. The molecule has 0 saturated heterocycles. The molecule has 0 atom stereocenters. The lowest BCUT2D eigenvalue weighted by molar-refractivity contribution is -0.138. The first-order valence-electron chi connectivity index (χ1n) is 7.80. The van der Waals surface area contributed by atoms with Crippen LogP contribution < -0.4 is 0 Å². The van der Waals surface area contributed by atoms with Crippen LogP contribution in [0.2, 0.25) is 0 Å². The molecule has 8 heteroatoms. The number of amides is 1. The third-order valence-corrected chi connectivity index (χ3v) is 4.02. The van der Waals surface area contributed by atoms with Gasteiger partial charge >= 0.3 is 5.97 Å². The van der Waals surface area contributed by atoms with Gasteiger partial charge in [-0.2, -0.15) is 16.3 Å². The van der Waals surface area contributed by atoms with Crippen molar-refractivity contribution in [3.63, 3.8) is 0 Å². The van der Waals surface area contributed by atoms with Gasteiger partial charge in [0, 0.05) is 36.9 Å². The van der Waals surface area contributed by atoms with Gasteiger partial charge in [0.1, 0.15) is 0 Å². The standard InChI is InChI=1S/C16H21N3O4S/c1-11(2)9-19(7-5-15(21)22)14(20)4-3-13-17-16(18-23-13)12-6-8-24-10-12/h6,8,10-11H,3-5,7,9H2,1-2H3,(H,21,22). The maximum atomic E-state index is 12.3. The van der Waals surface area contributed by atoms with Gasteiger partial charge in [0.05, 0.1) is 6.42 Å². The zero-order valence-corrected chi connectivity index (χ0v) is 14.6. The quantitative estimate of drug-likeness (QED) is 0.746. The van der Waals surface area contributed by atoms with Crippen LogP contribution >= 0.6 is 11.3 Å². The molecule has 0 aliphatic heterocycles. The second-order valence-corrected chi connectivity index (χ2v) is 6.68. The van der Waals surface area contributed by atoms with Gasteiger partial charge in [-0.15, -0.1) is 0 Å². The number of carbonyl (C=O) groups is 2. The van der Waals surface area contributed by atoms with E-state index < -0.39 is 5.97 Å². The van der Waals surface area contributed by atoms with Crippen molar-refractivity contribution in [2.75, 3.05) is 13.1 Å². The number of carboxylic acid groups (broad SMARTS) is 1. The average Bonchev–Trinajstić information content (AvgIpc) is 3.18. The summed E-state index contributed by atoms with van der Waals surface area (Å²) in [5.41, 5.74) is 0.893. The topological polar surface area (TPSA) is 96.5 Å². The molecule has 1 amide bonds. The Morgan fingerprint density at radius 3 is 2.79 bits per heavy atom. The number of aromatic nitrogens is 2. The Morgan fingerprint density at radius 1 is 1.38 bits per heavy atom. The number of aliphatic carboxylic acids is 1. The molecule has 0 aliphatic carbocycles. The van der Waals surface area contributed by atoms with E-state index in [0.717, 1.165) is 5.56 Å². The summed E-state index contributed by atoms with van der Waals surface area (Å²) in [6.07, 6.45) is 0.510. The summed E-state index contributed by atoms with van der Waals surface area (Å²) >= 11 is 1.55. The van der Waals surface area contributed by atoms with Crippen LogP contribution in [0.1, 0.15) is 32.6 Å². The molecule has 2 rings (SSSR count). The molecule has 7 nitrogen and oxygen atoms in total. The highest BCUT2D eigenvalue weighted by Crippen LogP contribution is 2.19. The maximum Gasteiger partial charge on any atom is 0.305 e. The predicted molar refractivity (Wildman–Crippen MR) is 89.6 cm³/mol. The molecule has 24 heavy (non-hydrogen) atoms. The van der Waals surface area contributed by atoms with Crippen LogP contribution in [0.25, 0.3) is 11.4 Å². The van der Waals surface area contributed by atoms with Crippen molar-refractivity contribution in [2.45, 2.75) is 33.1 Å². The van der Waals surface area contributed by atoms with Gasteiger partial charge in [-0.1, -0.05) is 19.0 Å². The summed E-state index contributed by atoms with van der Waals surface area (Å²) < 4.78 is 5.18. The Hall–Kier alpha value is -2.22. The summed E-state index contributed by atoms with van der Waals surface area (Å²) in [4.78, 5) is 29.0. The van der Waals surface area contributed by atoms with Crippen molar-refractivity contribution in [3.05, 3.63) is 22.7 Å². The van der Waals surface area contributed by atoms with E-state index in [1.807, 2.05) is 30.7 Å². The monoisotopic (exact) mass is 351 g/mol. The molecule has 0 fully saturated rings. The van der Waals surface area contributed by atoms with Crippen molar-refractivity contribution in [3.8, 4) is 11.4 Å². The highest BCUT2D eigenvalue weighted by molar-refractivity contribution is 7.08. The molecule has 0 radical (unpaired) electrons. The first kappa shape index (κ1) is 18.1. The van der Waals surface area contributed by atoms with Gasteiger partial charge in [-0.3, -0.25) is 9.59 Å². The number of hydrogen-bond donors (Lipinski definition) is 1. The highest BCUT2D eigenvalue weighted by Gasteiger charge is 2.18. The molecule has 2 heterocycles. The van der Waals surface area contributed by atoms with E-state index in [1.165, 1.54) is 0 Å². The Morgan fingerprint density at radius 2 is 2.17 bits per heavy atom. The lowest BCUT2D eigenvalue weighted by Gasteiger charge is -2.23. The fraction of sp³-hybridized carbons (Fsp3) is 0.500. The van der Waals surface area contributed by atoms with Gasteiger partial charge in [0.25, 0.3) is 0 Å². The summed E-state index contributed by atoms with van der Waals surface area (Å²) in [5.74, 6) is 0.196. The van der Waals surface area contributed by atoms with Gasteiger partial charge in [-0.25, -0.2) is 0 Å². The Labute approximate surface area is 144 Å². The van der Waals surface area contributed by atoms with E-state index in [4.69, 9.17) is 9.63 Å². The minimum Gasteiger partial charge on any atom is -0.481 e. The summed E-state index contributed by atoms with van der Waals surface area (Å²) in [6.45, 7) is 4.74. The van der Waals surface area contributed by atoms with Crippen LogP contribution in [0.4, 0.5) is 0 Å². The van der Waals surface area contributed by atoms with Crippen molar-refractivity contribution in [1.29, 1.82) is 0 Å². The van der Waals surface area contributed by atoms with Gasteiger partial charge in [-0.05, 0) is 17.4 Å². The first-order chi connectivity index (χ1) is 11.5. The van der Waals surface area contributed by atoms with Crippen molar-refractivity contribution >= 4 is 23.2 Å². The fourth-order valence-electron chi connectivity index (χ4n) is 2.23. The van der Waals surface area contributed by atoms with E-state index in [-0.39, 0.29) is 31.2 Å². The van der Waals surface area contributed by atoms with E-state index in [1.54, 1.807) is 16.2 Å². The molecule has 2 aromatic heterocycles. The van der Waals surface area contributed by atoms with Crippen molar-refractivity contribution in [1.82, 2.24) is 15.0 Å². The molecule has 0 bridgehead atoms. The fourth-order valence-corrected chi connectivity index (χ4v) is 2.86. The second-order valence-electron chi connectivity index (χ2n) is 5.90. The lowest BCUT2D eigenvalue weighted by atomic mass is 10.1. The molecule has 2 aromatic rings. The first-order valence-corrected chi connectivity index (χ1v) is 8.74. The number of aryl methyl sites for hydroxylation is 1. The Kier molecular flexibility index (Phi) is 6.48. The van der Waals surface area contributed by atoms with Crippen LogP contribution in [0, 0.1) is 5.92 Å². The average molecular weight is 351 g/mol. The summed E-state index contributed by atoms with van der Waals surface area (Å²) in [7, 11) is 0. The van der Waals surface area contributed by atoms with Crippen LogP contribution in [0.5, 0.6) is 0 Å². The van der Waals surface area contributed by atoms with Crippen LogP contribution in [-0.4, -0.2) is 45.1 Å². The Balaban J connectivity index is 1.90. The number of thiophene rings is 1. The second kappa shape index (κ2) is 8.58. The summed E-state index contributed by atoms with van der Waals surface area (Å²) in [5, 5.41) is 16.6. The molecule has 0 aromatic carbocycles. The van der Waals surface area contributed by atoms with Gasteiger partial charge in [0.15, 0.2) is 0 Å². The number of carbonyl (C=O) groups excluding carboxylic acids is 1. The third-order valence-electron chi connectivity index (χ3n) is 3.33. The molecule has 0 unspecified atom stereocenters. The zero-order chi connectivity index (χ0) is 17.5. The predicted octanol–water partition coefficient (Wildman–Crippen LogP) is 2.69. The molecule has 0 aliphatic rings. The van der Waals surface area contributed by atoms with Gasteiger partial charge < -0.3 is 14.5 Å². The minimum absolute atomic E-state index is 0.0542. The number of rotatable bonds is 9. The molecule has 1 N–H and O–H groups in total. The van der Waals surface area contributed by atoms with Crippen LogP contribution in [0.15, 0.2) is 21.3 Å². The zero-order valence-electron chi connectivity index (χ0n) is 13.8. The van der Waals surface area contributed by atoms with E-state index in [9.17, 15) is 9.59 Å². The summed E-state index contributed by atoms with van der Waals surface area (Å²) in [6, 6.07) is 1.90. The molecule has 130 valence electrons. The SMILES string of the molecule is CC(C)CN(CCC(=O)O)C(=O)CCc1nc(-c2ccsc2)no1. The van der Waals surface area contributed by atoms with Crippen molar-refractivity contribution < 1.29 is 19.2 Å². The normalized spacial score (nSPS) is 11.0. The van der Waals surface area contributed by atoms with E-state index >= 15 is 0 Å². The third kappa shape index (κ3) is 5.45. The van der Waals surface area contributed by atoms with E-state index in [0.29, 0.717) is 24.7 Å². The number of nitrogens with zero attached hydrogens (tertiary/aromatic N) is 3. The molecular formula is C16H21N3O4S. The van der Waals surface area contributed by atoms with Crippen LogP contribution in [-0.2, 0) is 16.0 Å². The highest BCUT2D eigenvalue weighted by atomic mass is 32.1. The molecule has 0 spiro atoms. The van der Waals surface area contributed by atoms with Crippen LogP contribution in [0.3, 0.4) is 0 Å². The van der Waals surface area contributed by atoms with Gasteiger partial charge in [0.2, 0.25) is 17.6 Å². The number of carboxylic acids is 1. The largest absolute Gasteiger partial charge is 0.481 e.